The molecule has 96 valence electrons. The minimum Gasteiger partial charge on any atom is -0.389 e. The van der Waals surface area contributed by atoms with Gasteiger partial charge in [0.2, 0.25) is 0 Å². The fourth-order valence-electron chi connectivity index (χ4n) is 1.82. The van der Waals surface area contributed by atoms with E-state index in [1.54, 1.807) is 0 Å². The van der Waals surface area contributed by atoms with E-state index in [9.17, 15) is 0 Å². The summed E-state index contributed by atoms with van der Waals surface area (Å²) in [5.74, 6) is 0. The van der Waals surface area contributed by atoms with Crippen LogP contribution in [0.25, 0.3) is 0 Å². The van der Waals surface area contributed by atoms with Crippen molar-refractivity contribution in [1.29, 1.82) is 0 Å². The smallest absolute Gasteiger partial charge is 0.370 e. The van der Waals surface area contributed by atoms with Crippen molar-refractivity contribution >= 4 is 26.4 Å². The molecule has 2 nitrogen and oxygen atoms in total. The van der Waals surface area contributed by atoms with Crippen LogP contribution in [0.2, 0.25) is 6.55 Å². The van der Waals surface area contributed by atoms with Crippen molar-refractivity contribution in [3.05, 3.63) is 30.3 Å². The van der Waals surface area contributed by atoms with Gasteiger partial charge < -0.3 is 8.85 Å². The summed E-state index contributed by atoms with van der Waals surface area (Å²) in [7, 11) is -2.40. The van der Waals surface area contributed by atoms with Crippen molar-refractivity contribution in [2.45, 2.75) is 45.3 Å². The first-order valence-electron chi connectivity index (χ1n) is 5.89. The van der Waals surface area contributed by atoms with Crippen molar-refractivity contribution < 1.29 is 8.85 Å². The molecule has 17 heavy (non-hydrogen) atoms. The molecule has 0 saturated heterocycles. The molecule has 0 bridgehead atoms. The Kier molecular flexibility index (Phi) is 4.83. The zero-order valence-electron chi connectivity index (χ0n) is 11.2. The summed E-state index contributed by atoms with van der Waals surface area (Å²) in [5.41, 5.74) is 0. The fourth-order valence-corrected chi connectivity index (χ4v) is 5.29. The molecule has 0 aliphatic carbocycles. The van der Waals surface area contributed by atoms with Gasteiger partial charge in [-0.05, 0) is 39.4 Å². The minimum absolute atomic E-state index is 0.141. The van der Waals surface area contributed by atoms with E-state index in [0.29, 0.717) is 0 Å². The van der Waals surface area contributed by atoms with Crippen molar-refractivity contribution in [3.8, 4) is 0 Å². The molecule has 0 amide bonds. The van der Waals surface area contributed by atoms with E-state index in [1.807, 2.05) is 45.9 Å². The monoisotopic (exact) mass is 270 g/mol. The molecule has 4 heteroatoms. The maximum absolute atomic E-state index is 6.10. The largest absolute Gasteiger partial charge is 0.389 e. The molecule has 0 N–H and O–H groups in total. The lowest BCUT2D eigenvalue weighted by atomic mass is 10.4. The zero-order valence-corrected chi connectivity index (χ0v) is 13.1. The van der Waals surface area contributed by atoms with E-state index in [4.69, 9.17) is 8.85 Å². The van der Waals surface area contributed by atoms with E-state index >= 15 is 0 Å². The SMILES string of the molecule is CC(C)O[Si](C)(OC(C)(C)S)c1ccccc1. The summed E-state index contributed by atoms with van der Waals surface area (Å²) in [6, 6.07) is 10.2. The highest BCUT2D eigenvalue weighted by atomic mass is 32.1. The molecule has 1 unspecified atom stereocenters. The van der Waals surface area contributed by atoms with Crippen LogP contribution in [0.5, 0.6) is 0 Å². The van der Waals surface area contributed by atoms with Gasteiger partial charge in [0.1, 0.15) is 0 Å². The van der Waals surface area contributed by atoms with Gasteiger partial charge in [0, 0.05) is 6.10 Å². The Morgan fingerprint density at radius 1 is 1.18 bits per heavy atom. The van der Waals surface area contributed by atoms with Gasteiger partial charge in [-0.2, -0.15) is 0 Å². The number of rotatable bonds is 5. The highest BCUT2D eigenvalue weighted by Crippen LogP contribution is 2.22. The zero-order chi connectivity index (χ0) is 13.1. The third-order valence-electron chi connectivity index (χ3n) is 2.20. The molecule has 1 rings (SSSR count). The van der Waals surface area contributed by atoms with Crippen molar-refractivity contribution in [1.82, 2.24) is 0 Å². The molecule has 0 aliphatic heterocycles. The van der Waals surface area contributed by atoms with Gasteiger partial charge in [0.15, 0.2) is 0 Å². The quantitative estimate of drug-likeness (QED) is 0.503. The Bertz CT molecular complexity index is 348. The van der Waals surface area contributed by atoms with Crippen molar-refractivity contribution in [2.24, 2.45) is 0 Å². The Hall–Kier alpha value is -0.293. The first-order valence-corrected chi connectivity index (χ1v) is 8.65. The summed E-state index contributed by atoms with van der Waals surface area (Å²) in [6.45, 7) is 10.0. The summed E-state index contributed by atoms with van der Waals surface area (Å²) in [6.07, 6.45) is 0.141. The van der Waals surface area contributed by atoms with Crippen LogP contribution >= 0.6 is 12.6 Å². The van der Waals surface area contributed by atoms with Crippen LogP contribution < -0.4 is 5.19 Å². The highest BCUT2D eigenvalue weighted by molar-refractivity contribution is 7.81. The van der Waals surface area contributed by atoms with Crippen molar-refractivity contribution in [3.63, 3.8) is 0 Å². The second-order valence-electron chi connectivity index (χ2n) is 5.03. The fraction of sp³-hybridized carbons (Fsp3) is 0.538. The number of hydrogen-bond acceptors (Lipinski definition) is 3. The average molecular weight is 270 g/mol. The lowest BCUT2D eigenvalue weighted by Gasteiger charge is -2.35. The van der Waals surface area contributed by atoms with Crippen LogP contribution in [0, 0.1) is 0 Å². The molecule has 1 atom stereocenters. The van der Waals surface area contributed by atoms with Crippen LogP contribution in [-0.4, -0.2) is 19.6 Å². The molecular formula is C13H22O2SSi. The predicted molar refractivity (Wildman–Crippen MR) is 78.1 cm³/mol. The topological polar surface area (TPSA) is 18.5 Å². The van der Waals surface area contributed by atoms with Gasteiger partial charge in [-0.15, -0.1) is 12.6 Å². The van der Waals surface area contributed by atoms with Gasteiger partial charge in [-0.25, -0.2) is 0 Å². The third-order valence-corrected chi connectivity index (χ3v) is 5.67. The van der Waals surface area contributed by atoms with Gasteiger partial charge in [0.25, 0.3) is 0 Å². The predicted octanol–water partition coefficient (Wildman–Crippen LogP) is 3.07. The van der Waals surface area contributed by atoms with E-state index in [-0.39, 0.29) is 6.10 Å². The van der Waals surface area contributed by atoms with Crippen LogP contribution in [0.4, 0.5) is 0 Å². The molecular weight excluding hydrogens is 248 g/mol. The van der Waals surface area contributed by atoms with E-state index < -0.39 is 13.5 Å². The average Bonchev–Trinajstić information content (AvgIpc) is 2.14. The molecule has 0 fully saturated rings. The molecule has 0 aliphatic rings. The Balaban J connectivity index is 3.02. The standard InChI is InChI=1S/C13H22O2SSi/c1-11(2)14-17(5,15-13(3,4)16)12-9-7-6-8-10-12/h6-11,16H,1-5H3. The first-order chi connectivity index (χ1) is 7.73. The number of thiol groups is 1. The normalized spacial score (nSPS) is 15.9. The number of hydrogen-bond donors (Lipinski definition) is 1. The van der Waals surface area contributed by atoms with E-state index in [1.165, 1.54) is 0 Å². The molecule has 0 saturated carbocycles. The molecule has 0 radical (unpaired) electrons. The second kappa shape index (κ2) is 5.57. The van der Waals surface area contributed by atoms with Crippen LogP contribution in [-0.2, 0) is 8.85 Å². The Labute approximate surface area is 111 Å². The lowest BCUT2D eigenvalue weighted by Crippen LogP contribution is -2.55. The Morgan fingerprint density at radius 3 is 2.12 bits per heavy atom. The van der Waals surface area contributed by atoms with E-state index in [2.05, 4.69) is 31.3 Å². The van der Waals surface area contributed by atoms with Gasteiger partial charge >= 0.3 is 8.56 Å². The molecule has 0 heterocycles. The van der Waals surface area contributed by atoms with Crippen LogP contribution in [0.1, 0.15) is 27.7 Å². The Morgan fingerprint density at radius 2 is 1.71 bits per heavy atom. The molecule has 0 spiro atoms. The van der Waals surface area contributed by atoms with Crippen LogP contribution in [0.15, 0.2) is 30.3 Å². The first kappa shape index (κ1) is 14.8. The molecule has 0 aromatic heterocycles. The van der Waals surface area contributed by atoms with Crippen molar-refractivity contribution in [2.75, 3.05) is 0 Å². The number of benzene rings is 1. The maximum Gasteiger partial charge on any atom is 0.370 e. The summed E-state index contributed by atoms with van der Waals surface area (Å²) in [4.78, 5) is -0.494. The summed E-state index contributed by atoms with van der Waals surface area (Å²) in [5, 5.41) is 1.14. The third kappa shape index (κ3) is 4.83. The maximum atomic E-state index is 6.10. The van der Waals surface area contributed by atoms with Gasteiger partial charge in [-0.1, -0.05) is 30.3 Å². The van der Waals surface area contributed by atoms with Crippen LogP contribution in [0.3, 0.4) is 0 Å². The molecule has 1 aromatic carbocycles. The lowest BCUT2D eigenvalue weighted by molar-refractivity contribution is 0.104. The van der Waals surface area contributed by atoms with Gasteiger partial charge in [0.05, 0.1) is 4.93 Å². The summed E-state index contributed by atoms with van der Waals surface area (Å²) < 4.78 is 12.2. The highest BCUT2D eigenvalue weighted by Gasteiger charge is 2.39. The second-order valence-corrected chi connectivity index (χ2v) is 9.01. The minimum atomic E-state index is -2.40. The molecule has 1 aromatic rings. The van der Waals surface area contributed by atoms with E-state index in [0.717, 1.165) is 5.19 Å². The summed E-state index contributed by atoms with van der Waals surface area (Å²) >= 11 is 4.45. The van der Waals surface area contributed by atoms with Gasteiger partial charge in [-0.3, -0.25) is 0 Å².